The van der Waals surface area contributed by atoms with E-state index in [1.54, 1.807) is 12.1 Å². The molecule has 0 atom stereocenters. The first-order chi connectivity index (χ1) is 7.81. The first kappa shape index (κ1) is 10.7. The fourth-order valence-corrected chi connectivity index (χ4v) is 1.71. The molecule has 2 nitrogen and oxygen atoms in total. The molecule has 1 heterocycles. The van der Waals surface area contributed by atoms with Gasteiger partial charge in [-0.15, -0.1) is 0 Å². The highest BCUT2D eigenvalue weighted by molar-refractivity contribution is 5.44. The Morgan fingerprint density at radius 1 is 1.19 bits per heavy atom. The third-order valence-electron chi connectivity index (χ3n) is 2.60. The van der Waals surface area contributed by atoms with Crippen LogP contribution < -0.4 is 5.32 Å². The van der Waals surface area contributed by atoms with Gasteiger partial charge >= 0.3 is 0 Å². The van der Waals surface area contributed by atoms with Gasteiger partial charge < -0.3 is 9.88 Å². The van der Waals surface area contributed by atoms with Crippen LogP contribution in [0.25, 0.3) is 0 Å². The Labute approximate surface area is 94.7 Å². The van der Waals surface area contributed by atoms with E-state index in [1.165, 1.54) is 6.07 Å². The molecule has 0 spiro atoms. The van der Waals surface area contributed by atoms with Crippen LogP contribution in [0.4, 0.5) is 10.1 Å². The second kappa shape index (κ2) is 4.84. The summed E-state index contributed by atoms with van der Waals surface area (Å²) in [7, 11) is 0. The average Bonchev–Trinajstić information content (AvgIpc) is 2.75. The molecule has 0 saturated heterocycles. The van der Waals surface area contributed by atoms with E-state index in [0.717, 1.165) is 12.2 Å². The first-order valence-corrected chi connectivity index (χ1v) is 5.43. The maximum absolute atomic E-state index is 13.3. The van der Waals surface area contributed by atoms with Crippen LogP contribution in [0, 0.1) is 5.82 Å². The van der Waals surface area contributed by atoms with Crippen LogP contribution in [0.1, 0.15) is 12.6 Å². The molecule has 84 valence electrons. The second-order valence-corrected chi connectivity index (χ2v) is 3.62. The van der Waals surface area contributed by atoms with Gasteiger partial charge in [0, 0.05) is 18.4 Å². The molecule has 1 aromatic carbocycles. The summed E-state index contributed by atoms with van der Waals surface area (Å²) in [5.41, 5.74) is 1.71. The third-order valence-corrected chi connectivity index (χ3v) is 2.60. The molecule has 0 aliphatic rings. The zero-order chi connectivity index (χ0) is 11.4. The standard InChI is InChI=1S/C13H15FN2/c1-2-16-9-5-6-11(16)10-15-13-8-4-3-7-12(13)14/h3-9,15H,2,10H2,1H3. The number of anilines is 1. The highest BCUT2D eigenvalue weighted by Crippen LogP contribution is 2.14. The number of para-hydroxylation sites is 1. The molecule has 2 aromatic rings. The van der Waals surface area contributed by atoms with Crippen molar-refractivity contribution >= 4 is 5.69 Å². The predicted molar refractivity (Wildman–Crippen MR) is 63.8 cm³/mol. The van der Waals surface area contributed by atoms with Gasteiger partial charge in [-0.05, 0) is 31.2 Å². The molecule has 0 aliphatic heterocycles. The SMILES string of the molecule is CCn1cccc1CNc1ccccc1F. The van der Waals surface area contributed by atoms with E-state index in [9.17, 15) is 4.39 Å². The quantitative estimate of drug-likeness (QED) is 0.833. The van der Waals surface area contributed by atoms with Crippen LogP contribution in [0.2, 0.25) is 0 Å². The normalized spacial score (nSPS) is 10.4. The van der Waals surface area contributed by atoms with Gasteiger partial charge in [0.05, 0.1) is 12.2 Å². The molecule has 0 radical (unpaired) electrons. The van der Waals surface area contributed by atoms with Crippen molar-refractivity contribution in [2.24, 2.45) is 0 Å². The van der Waals surface area contributed by atoms with E-state index in [-0.39, 0.29) is 5.82 Å². The van der Waals surface area contributed by atoms with E-state index >= 15 is 0 Å². The summed E-state index contributed by atoms with van der Waals surface area (Å²) in [6.45, 7) is 3.66. The molecule has 0 fully saturated rings. The number of rotatable bonds is 4. The Hall–Kier alpha value is -1.77. The summed E-state index contributed by atoms with van der Waals surface area (Å²) in [5, 5.41) is 3.09. The number of aromatic nitrogens is 1. The summed E-state index contributed by atoms with van der Waals surface area (Å²) in [6.07, 6.45) is 2.03. The van der Waals surface area contributed by atoms with Gasteiger partial charge in [0.1, 0.15) is 5.82 Å². The van der Waals surface area contributed by atoms with Crippen molar-refractivity contribution in [3.63, 3.8) is 0 Å². The largest absolute Gasteiger partial charge is 0.377 e. The summed E-state index contributed by atoms with van der Waals surface area (Å²) in [5.74, 6) is -0.211. The highest BCUT2D eigenvalue weighted by Gasteiger charge is 2.02. The van der Waals surface area contributed by atoms with Crippen LogP contribution in [-0.2, 0) is 13.1 Å². The Kier molecular flexibility index (Phi) is 3.25. The smallest absolute Gasteiger partial charge is 0.146 e. The molecule has 0 amide bonds. The lowest BCUT2D eigenvalue weighted by molar-refractivity contribution is 0.629. The first-order valence-electron chi connectivity index (χ1n) is 5.43. The zero-order valence-electron chi connectivity index (χ0n) is 9.28. The lowest BCUT2D eigenvalue weighted by atomic mass is 10.3. The molecular weight excluding hydrogens is 203 g/mol. The maximum atomic E-state index is 13.3. The Morgan fingerprint density at radius 3 is 2.75 bits per heavy atom. The van der Waals surface area contributed by atoms with Crippen LogP contribution >= 0.6 is 0 Å². The van der Waals surface area contributed by atoms with Gasteiger partial charge in [0.25, 0.3) is 0 Å². The summed E-state index contributed by atoms with van der Waals surface area (Å²) >= 11 is 0. The maximum Gasteiger partial charge on any atom is 0.146 e. The van der Waals surface area contributed by atoms with E-state index in [4.69, 9.17) is 0 Å². The molecule has 0 unspecified atom stereocenters. The monoisotopic (exact) mass is 218 g/mol. The number of aryl methyl sites for hydroxylation is 1. The minimum absolute atomic E-state index is 0.211. The molecule has 0 aliphatic carbocycles. The number of nitrogens with zero attached hydrogens (tertiary/aromatic N) is 1. The minimum atomic E-state index is -0.211. The zero-order valence-corrected chi connectivity index (χ0v) is 9.28. The number of halogens is 1. The van der Waals surface area contributed by atoms with Gasteiger partial charge in [-0.1, -0.05) is 12.1 Å². The van der Waals surface area contributed by atoms with E-state index in [0.29, 0.717) is 12.2 Å². The molecule has 0 bridgehead atoms. The fraction of sp³-hybridized carbons (Fsp3) is 0.231. The van der Waals surface area contributed by atoms with Gasteiger partial charge in [0.15, 0.2) is 0 Å². The second-order valence-electron chi connectivity index (χ2n) is 3.62. The van der Waals surface area contributed by atoms with Crippen molar-refractivity contribution in [1.29, 1.82) is 0 Å². The van der Waals surface area contributed by atoms with Crippen molar-refractivity contribution in [3.05, 3.63) is 54.1 Å². The topological polar surface area (TPSA) is 17.0 Å². The lowest BCUT2D eigenvalue weighted by Gasteiger charge is -2.09. The van der Waals surface area contributed by atoms with E-state index in [2.05, 4.69) is 16.8 Å². The Bertz CT molecular complexity index is 462. The Morgan fingerprint density at radius 2 is 2.00 bits per heavy atom. The van der Waals surface area contributed by atoms with Crippen molar-refractivity contribution in [2.75, 3.05) is 5.32 Å². The molecule has 1 N–H and O–H groups in total. The van der Waals surface area contributed by atoms with Crippen molar-refractivity contribution < 1.29 is 4.39 Å². The lowest BCUT2D eigenvalue weighted by Crippen LogP contribution is -2.06. The fourth-order valence-electron chi connectivity index (χ4n) is 1.71. The number of nitrogens with one attached hydrogen (secondary N) is 1. The van der Waals surface area contributed by atoms with Crippen LogP contribution in [-0.4, -0.2) is 4.57 Å². The Balaban J connectivity index is 2.05. The van der Waals surface area contributed by atoms with E-state index < -0.39 is 0 Å². The molecular formula is C13H15FN2. The number of hydrogen-bond acceptors (Lipinski definition) is 1. The van der Waals surface area contributed by atoms with Gasteiger partial charge in [-0.2, -0.15) is 0 Å². The molecule has 1 aromatic heterocycles. The van der Waals surface area contributed by atoms with Gasteiger partial charge in [0.2, 0.25) is 0 Å². The highest BCUT2D eigenvalue weighted by atomic mass is 19.1. The third kappa shape index (κ3) is 2.24. The van der Waals surface area contributed by atoms with Crippen LogP contribution in [0.5, 0.6) is 0 Å². The van der Waals surface area contributed by atoms with Crippen LogP contribution in [0.15, 0.2) is 42.6 Å². The van der Waals surface area contributed by atoms with E-state index in [1.807, 2.05) is 24.4 Å². The average molecular weight is 218 g/mol. The van der Waals surface area contributed by atoms with Gasteiger partial charge in [-0.25, -0.2) is 4.39 Å². The predicted octanol–water partition coefficient (Wildman–Crippen LogP) is 3.26. The molecule has 2 rings (SSSR count). The van der Waals surface area contributed by atoms with Crippen molar-refractivity contribution in [1.82, 2.24) is 4.57 Å². The minimum Gasteiger partial charge on any atom is -0.377 e. The summed E-state index contributed by atoms with van der Waals surface area (Å²) in [6, 6.07) is 10.8. The van der Waals surface area contributed by atoms with Crippen LogP contribution in [0.3, 0.4) is 0 Å². The summed E-state index contributed by atoms with van der Waals surface area (Å²) < 4.78 is 15.5. The van der Waals surface area contributed by atoms with Gasteiger partial charge in [-0.3, -0.25) is 0 Å². The summed E-state index contributed by atoms with van der Waals surface area (Å²) in [4.78, 5) is 0. The van der Waals surface area contributed by atoms with Crippen molar-refractivity contribution in [3.8, 4) is 0 Å². The molecule has 3 heteroatoms. The molecule has 0 saturated carbocycles. The number of benzene rings is 1. The molecule has 16 heavy (non-hydrogen) atoms. The number of hydrogen-bond donors (Lipinski definition) is 1. The van der Waals surface area contributed by atoms with Crippen molar-refractivity contribution in [2.45, 2.75) is 20.0 Å².